The predicted molar refractivity (Wildman–Crippen MR) is 78.5 cm³/mol. The van der Waals surface area contributed by atoms with Crippen LogP contribution < -0.4 is 14.8 Å². The standard InChI is InChI=1S/C15H16N4O2/c1-20-12-3-4-14(21-2)11(9-12)5-6-18-15-13(10-16)17-7-8-19-15/h3-4,7-9H,5-6H2,1-2H3,(H,18,19). The van der Waals surface area contributed by atoms with Crippen LogP contribution in [-0.2, 0) is 6.42 Å². The third-order valence-corrected chi connectivity index (χ3v) is 2.98. The number of nitrogens with zero attached hydrogens (tertiary/aromatic N) is 3. The highest BCUT2D eigenvalue weighted by molar-refractivity contribution is 5.47. The van der Waals surface area contributed by atoms with Gasteiger partial charge in [-0.25, -0.2) is 9.97 Å². The Morgan fingerprint density at radius 2 is 2.00 bits per heavy atom. The van der Waals surface area contributed by atoms with Gasteiger partial charge in [0.1, 0.15) is 17.6 Å². The van der Waals surface area contributed by atoms with Crippen molar-refractivity contribution in [1.82, 2.24) is 9.97 Å². The molecule has 0 amide bonds. The van der Waals surface area contributed by atoms with Crippen molar-refractivity contribution >= 4 is 5.82 Å². The second kappa shape index (κ2) is 7.10. The molecule has 1 heterocycles. The number of nitrogens with one attached hydrogen (secondary N) is 1. The van der Waals surface area contributed by atoms with E-state index in [4.69, 9.17) is 14.7 Å². The Balaban J connectivity index is 2.05. The van der Waals surface area contributed by atoms with Gasteiger partial charge in [-0.2, -0.15) is 5.26 Å². The largest absolute Gasteiger partial charge is 0.497 e. The first-order valence-corrected chi connectivity index (χ1v) is 6.44. The second-order valence-electron chi connectivity index (χ2n) is 4.22. The lowest BCUT2D eigenvalue weighted by Gasteiger charge is -2.11. The van der Waals surface area contributed by atoms with E-state index in [1.807, 2.05) is 24.3 Å². The van der Waals surface area contributed by atoms with Crippen LogP contribution in [0, 0.1) is 11.3 Å². The molecule has 21 heavy (non-hydrogen) atoms. The summed E-state index contributed by atoms with van der Waals surface area (Å²) in [4.78, 5) is 8.06. The first-order valence-electron chi connectivity index (χ1n) is 6.44. The minimum Gasteiger partial charge on any atom is -0.497 e. The molecule has 0 saturated carbocycles. The molecule has 0 aliphatic rings. The highest BCUT2D eigenvalue weighted by atomic mass is 16.5. The summed E-state index contributed by atoms with van der Waals surface area (Å²) in [6.45, 7) is 0.608. The molecule has 2 aromatic rings. The molecule has 0 fully saturated rings. The summed E-state index contributed by atoms with van der Waals surface area (Å²) in [6, 6.07) is 7.66. The van der Waals surface area contributed by atoms with Crippen molar-refractivity contribution in [3.05, 3.63) is 41.9 Å². The summed E-state index contributed by atoms with van der Waals surface area (Å²) >= 11 is 0. The zero-order valence-corrected chi connectivity index (χ0v) is 12.0. The predicted octanol–water partition coefficient (Wildman–Crippen LogP) is 2.02. The summed E-state index contributed by atoms with van der Waals surface area (Å²) in [5, 5.41) is 12.1. The van der Waals surface area contributed by atoms with Gasteiger partial charge in [0.2, 0.25) is 0 Å². The van der Waals surface area contributed by atoms with Crippen LogP contribution in [0.25, 0.3) is 0 Å². The van der Waals surface area contributed by atoms with E-state index in [0.717, 1.165) is 17.1 Å². The van der Waals surface area contributed by atoms with E-state index in [9.17, 15) is 0 Å². The molecule has 6 nitrogen and oxygen atoms in total. The maximum Gasteiger partial charge on any atom is 0.182 e. The third kappa shape index (κ3) is 3.60. The molecule has 0 saturated heterocycles. The van der Waals surface area contributed by atoms with E-state index in [0.29, 0.717) is 18.8 Å². The molecule has 2 rings (SSSR count). The van der Waals surface area contributed by atoms with E-state index in [2.05, 4.69) is 15.3 Å². The molecule has 0 unspecified atom stereocenters. The lowest BCUT2D eigenvalue weighted by atomic mass is 10.1. The molecule has 108 valence electrons. The summed E-state index contributed by atoms with van der Waals surface area (Å²) in [7, 11) is 3.26. The highest BCUT2D eigenvalue weighted by Crippen LogP contribution is 2.24. The number of anilines is 1. The van der Waals surface area contributed by atoms with Crippen molar-refractivity contribution in [2.75, 3.05) is 26.1 Å². The number of hydrogen-bond donors (Lipinski definition) is 1. The third-order valence-electron chi connectivity index (χ3n) is 2.98. The van der Waals surface area contributed by atoms with Crippen molar-refractivity contribution in [3.63, 3.8) is 0 Å². The lowest BCUT2D eigenvalue weighted by Crippen LogP contribution is -2.09. The molecular formula is C15H16N4O2. The smallest absolute Gasteiger partial charge is 0.182 e. The average molecular weight is 284 g/mol. The summed E-state index contributed by atoms with van der Waals surface area (Å²) in [5.41, 5.74) is 1.31. The van der Waals surface area contributed by atoms with Crippen LogP contribution in [0.15, 0.2) is 30.6 Å². The summed E-state index contributed by atoms with van der Waals surface area (Å²) in [6.07, 6.45) is 3.76. The minimum atomic E-state index is 0.287. The van der Waals surface area contributed by atoms with Gasteiger partial charge < -0.3 is 14.8 Å². The fourth-order valence-electron chi connectivity index (χ4n) is 1.94. The molecular weight excluding hydrogens is 268 g/mol. The Labute approximate surface area is 123 Å². The molecule has 0 radical (unpaired) electrons. The first kappa shape index (κ1) is 14.6. The lowest BCUT2D eigenvalue weighted by molar-refractivity contribution is 0.399. The van der Waals surface area contributed by atoms with Crippen LogP contribution in [0.2, 0.25) is 0 Å². The van der Waals surface area contributed by atoms with Crippen molar-refractivity contribution in [2.45, 2.75) is 6.42 Å². The Morgan fingerprint density at radius 1 is 1.19 bits per heavy atom. The maximum atomic E-state index is 8.96. The normalized spacial score (nSPS) is 9.76. The maximum absolute atomic E-state index is 8.96. The van der Waals surface area contributed by atoms with E-state index >= 15 is 0 Å². The Bertz CT molecular complexity index is 652. The Morgan fingerprint density at radius 3 is 2.71 bits per heavy atom. The van der Waals surface area contributed by atoms with Crippen LogP contribution in [0.4, 0.5) is 5.82 Å². The zero-order chi connectivity index (χ0) is 15.1. The van der Waals surface area contributed by atoms with Gasteiger partial charge in [0.25, 0.3) is 0 Å². The number of ether oxygens (including phenoxy) is 2. The molecule has 0 aliphatic heterocycles. The van der Waals surface area contributed by atoms with E-state index in [1.54, 1.807) is 20.4 Å². The number of aromatic nitrogens is 2. The number of benzene rings is 1. The number of nitriles is 1. The van der Waals surface area contributed by atoms with Crippen molar-refractivity contribution < 1.29 is 9.47 Å². The number of rotatable bonds is 6. The summed E-state index contributed by atoms with van der Waals surface area (Å²) in [5.74, 6) is 2.07. The van der Waals surface area contributed by atoms with Crippen LogP contribution in [0.3, 0.4) is 0 Å². The average Bonchev–Trinajstić information content (AvgIpc) is 2.55. The van der Waals surface area contributed by atoms with Crippen molar-refractivity contribution in [2.24, 2.45) is 0 Å². The SMILES string of the molecule is COc1ccc(OC)c(CCNc2nccnc2C#N)c1. The van der Waals surface area contributed by atoms with Gasteiger partial charge in [0.05, 0.1) is 14.2 Å². The minimum absolute atomic E-state index is 0.287. The van der Waals surface area contributed by atoms with Gasteiger partial charge in [0, 0.05) is 18.9 Å². The monoisotopic (exact) mass is 284 g/mol. The van der Waals surface area contributed by atoms with Crippen LogP contribution >= 0.6 is 0 Å². The highest BCUT2D eigenvalue weighted by Gasteiger charge is 2.07. The molecule has 1 N–H and O–H groups in total. The molecule has 0 bridgehead atoms. The quantitative estimate of drug-likeness (QED) is 0.874. The summed E-state index contributed by atoms with van der Waals surface area (Å²) < 4.78 is 10.5. The van der Waals surface area contributed by atoms with E-state index < -0.39 is 0 Å². The fraction of sp³-hybridized carbons (Fsp3) is 0.267. The van der Waals surface area contributed by atoms with Gasteiger partial charge >= 0.3 is 0 Å². The topological polar surface area (TPSA) is 80.1 Å². The number of methoxy groups -OCH3 is 2. The Kier molecular flexibility index (Phi) is 4.94. The fourth-order valence-corrected chi connectivity index (χ4v) is 1.94. The first-order chi connectivity index (χ1) is 10.3. The van der Waals surface area contributed by atoms with Gasteiger partial charge in [-0.15, -0.1) is 0 Å². The van der Waals surface area contributed by atoms with E-state index in [1.165, 1.54) is 6.20 Å². The van der Waals surface area contributed by atoms with Crippen LogP contribution in [0.5, 0.6) is 11.5 Å². The molecule has 0 aliphatic carbocycles. The number of hydrogen-bond acceptors (Lipinski definition) is 6. The van der Waals surface area contributed by atoms with E-state index in [-0.39, 0.29) is 5.69 Å². The van der Waals surface area contributed by atoms with Gasteiger partial charge in [0.15, 0.2) is 11.5 Å². The van der Waals surface area contributed by atoms with Crippen molar-refractivity contribution in [1.29, 1.82) is 5.26 Å². The molecule has 0 spiro atoms. The van der Waals surface area contributed by atoms with Crippen LogP contribution in [0.1, 0.15) is 11.3 Å². The van der Waals surface area contributed by atoms with Gasteiger partial charge in [-0.3, -0.25) is 0 Å². The zero-order valence-electron chi connectivity index (χ0n) is 12.0. The molecule has 0 atom stereocenters. The van der Waals surface area contributed by atoms with Gasteiger partial charge in [-0.05, 0) is 30.2 Å². The van der Waals surface area contributed by atoms with Crippen molar-refractivity contribution in [3.8, 4) is 17.6 Å². The Hall–Kier alpha value is -2.81. The molecule has 1 aromatic heterocycles. The second-order valence-corrected chi connectivity index (χ2v) is 4.22. The van der Waals surface area contributed by atoms with Crippen LogP contribution in [-0.4, -0.2) is 30.7 Å². The molecule has 1 aromatic carbocycles. The molecule has 6 heteroatoms. The van der Waals surface area contributed by atoms with Gasteiger partial charge in [-0.1, -0.05) is 0 Å².